The van der Waals surface area contributed by atoms with Crippen molar-refractivity contribution in [3.05, 3.63) is 29.8 Å². The maximum absolute atomic E-state index is 11.7. The first-order valence-electron chi connectivity index (χ1n) is 6.82. The molecule has 2 amide bonds. The highest BCUT2D eigenvalue weighted by molar-refractivity contribution is 5.91. The Hall–Kier alpha value is -1.59. The molecule has 5 nitrogen and oxygen atoms in total. The third-order valence-corrected chi connectivity index (χ3v) is 2.92. The molecular formula is C15H24ClN3O2. The van der Waals surface area contributed by atoms with Gasteiger partial charge in [-0.2, -0.15) is 0 Å². The molecule has 118 valence electrons. The number of nitrogens with zero attached hydrogens (tertiary/aromatic N) is 1. The summed E-state index contributed by atoms with van der Waals surface area (Å²) in [6.07, 6.45) is 0.290. The van der Waals surface area contributed by atoms with E-state index in [0.29, 0.717) is 19.5 Å². The molecule has 0 spiro atoms. The Bertz CT molecular complexity index is 478. The number of nitrogens with one attached hydrogen (secondary N) is 1. The molecule has 21 heavy (non-hydrogen) atoms. The number of hydrogen-bond acceptors (Lipinski definition) is 3. The van der Waals surface area contributed by atoms with Gasteiger partial charge in [-0.25, -0.2) is 0 Å². The molecule has 0 aliphatic heterocycles. The van der Waals surface area contributed by atoms with Gasteiger partial charge in [0.25, 0.3) is 0 Å². The van der Waals surface area contributed by atoms with Gasteiger partial charge in [0.1, 0.15) is 0 Å². The van der Waals surface area contributed by atoms with E-state index in [2.05, 4.69) is 5.32 Å². The lowest BCUT2D eigenvalue weighted by Gasteiger charge is -2.19. The van der Waals surface area contributed by atoms with Crippen LogP contribution >= 0.6 is 12.4 Å². The van der Waals surface area contributed by atoms with Crippen LogP contribution in [0.15, 0.2) is 24.3 Å². The summed E-state index contributed by atoms with van der Waals surface area (Å²) in [5.41, 5.74) is 7.31. The number of rotatable bonds is 6. The SMILES string of the molecule is CCN(Cc1cccc(NC(=O)CC(C)N)c1)C(C)=O.Cl. The van der Waals surface area contributed by atoms with Crippen LogP contribution in [0.3, 0.4) is 0 Å². The number of halogens is 1. The van der Waals surface area contributed by atoms with Crippen LogP contribution < -0.4 is 11.1 Å². The molecule has 0 aliphatic carbocycles. The fraction of sp³-hybridized carbons (Fsp3) is 0.467. The van der Waals surface area contributed by atoms with Crippen molar-refractivity contribution in [1.82, 2.24) is 4.90 Å². The van der Waals surface area contributed by atoms with Crippen LogP contribution in [-0.4, -0.2) is 29.3 Å². The summed E-state index contributed by atoms with van der Waals surface area (Å²) in [6, 6.07) is 7.35. The molecule has 0 bridgehead atoms. The number of nitrogens with two attached hydrogens (primary N) is 1. The maximum Gasteiger partial charge on any atom is 0.225 e. The van der Waals surface area contributed by atoms with E-state index in [-0.39, 0.29) is 30.3 Å². The lowest BCUT2D eigenvalue weighted by molar-refractivity contribution is -0.129. The molecular weight excluding hydrogens is 290 g/mol. The quantitative estimate of drug-likeness (QED) is 0.845. The first kappa shape index (κ1) is 19.4. The summed E-state index contributed by atoms with van der Waals surface area (Å²) < 4.78 is 0. The molecule has 0 heterocycles. The van der Waals surface area contributed by atoms with Gasteiger partial charge >= 0.3 is 0 Å². The molecule has 1 rings (SSSR count). The van der Waals surface area contributed by atoms with Crippen LogP contribution in [-0.2, 0) is 16.1 Å². The van der Waals surface area contributed by atoms with Crippen molar-refractivity contribution in [3.63, 3.8) is 0 Å². The Morgan fingerprint density at radius 2 is 2.05 bits per heavy atom. The van der Waals surface area contributed by atoms with Crippen LogP contribution in [0.4, 0.5) is 5.69 Å². The molecule has 1 unspecified atom stereocenters. The topological polar surface area (TPSA) is 75.4 Å². The molecule has 1 aromatic rings. The number of anilines is 1. The van der Waals surface area contributed by atoms with E-state index in [4.69, 9.17) is 5.73 Å². The van der Waals surface area contributed by atoms with E-state index < -0.39 is 0 Å². The third kappa shape index (κ3) is 7.11. The standard InChI is InChI=1S/C15H23N3O2.ClH/c1-4-18(12(3)19)10-13-6-5-7-14(9-13)17-15(20)8-11(2)16;/h5-7,9,11H,4,8,10,16H2,1-3H3,(H,17,20);1H. The van der Waals surface area contributed by atoms with E-state index in [1.165, 1.54) is 0 Å². The largest absolute Gasteiger partial charge is 0.339 e. The van der Waals surface area contributed by atoms with Crippen molar-refractivity contribution < 1.29 is 9.59 Å². The van der Waals surface area contributed by atoms with E-state index in [9.17, 15) is 9.59 Å². The maximum atomic E-state index is 11.7. The van der Waals surface area contributed by atoms with Crippen LogP contribution in [0.5, 0.6) is 0 Å². The number of carbonyl (C=O) groups is 2. The van der Waals surface area contributed by atoms with Crippen molar-refractivity contribution >= 4 is 29.9 Å². The predicted octanol–water partition coefficient (Wildman–Crippen LogP) is 2.15. The zero-order valence-electron chi connectivity index (χ0n) is 12.8. The van der Waals surface area contributed by atoms with Gasteiger partial charge in [0, 0.05) is 38.2 Å². The Kier molecular flexibility index (Phi) is 8.66. The second kappa shape index (κ2) is 9.37. The van der Waals surface area contributed by atoms with Gasteiger partial charge in [0.05, 0.1) is 0 Å². The highest BCUT2D eigenvalue weighted by Gasteiger charge is 2.09. The van der Waals surface area contributed by atoms with Gasteiger partial charge in [-0.15, -0.1) is 12.4 Å². The normalized spacial score (nSPS) is 11.2. The predicted molar refractivity (Wildman–Crippen MR) is 87.4 cm³/mol. The molecule has 6 heteroatoms. The Morgan fingerprint density at radius 1 is 1.38 bits per heavy atom. The number of amides is 2. The molecule has 0 radical (unpaired) electrons. The first-order valence-corrected chi connectivity index (χ1v) is 6.82. The van der Waals surface area contributed by atoms with E-state index in [1.54, 1.807) is 18.7 Å². The molecule has 0 fully saturated rings. The highest BCUT2D eigenvalue weighted by atomic mass is 35.5. The fourth-order valence-corrected chi connectivity index (χ4v) is 1.92. The van der Waals surface area contributed by atoms with Crippen LogP contribution in [0.25, 0.3) is 0 Å². The summed E-state index contributed by atoms with van der Waals surface area (Å²) in [4.78, 5) is 24.8. The Balaban J connectivity index is 0.00000400. The second-order valence-corrected chi connectivity index (χ2v) is 4.96. The van der Waals surface area contributed by atoms with E-state index in [0.717, 1.165) is 11.3 Å². The zero-order valence-corrected chi connectivity index (χ0v) is 13.6. The van der Waals surface area contributed by atoms with Crippen LogP contribution in [0.1, 0.15) is 32.8 Å². The monoisotopic (exact) mass is 313 g/mol. The minimum Gasteiger partial charge on any atom is -0.339 e. The van der Waals surface area contributed by atoms with Crippen LogP contribution in [0.2, 0.25) is 0 Å². The molecule has 0 saturated carbocycles. The zero-order chi connectivity index (χ0) is 15.1. The molecule has 0 saturated heterocycles. The van der Waals surface area contributed by atoms with Gasteiger partial charge in [-0.3, -0.25) is 9.59 Å². The van der Waals surface area contributed by atoms with E-state index in [1.807, 2.05) is 31.2 Å². The van der Waals surface area contributed by atoms with Gasteiger partial charge in [-0.1, -0.05) is 12.1 Å². The van der Waals surface area contributed by atoms with Gasteiger partial charge < -0.3 is 16.0 Å². The van der Waals surface area contributed by atoms with Crippen molar-refractivity contribution in [2.24, 2.45) is 5.73 Å². The first-order chi connectivity index (χ1) is 9.42. The summed E-state index contributed by atoms with van der Waals surface area (Å²) >= 11 is 0. The van der Waals surface area contributed by atoms with Crippen molar-refractivity contribution in [1.29, 1.82) is 0 Å². The molecule has 3 N–H and O–H groups in total. The summed E-state index contributed by atoms with van der Waals surface area (Å²) in [5.74, 6) is -0.0602. The van der Waals surface area contributed by atoms with Crippen LogP contribution in [0, 0.1) is 0 Å². The lowest BCUT2D eigenvalue weighted by atomic mass is 10.1. The lowest BCUT2D eigenvalue weighted by Crippen LogP contribution is -2.27. The number of carbonyl (C=O) groups excluding carboxylic acids is 2. The fourth-order valence-electron chi connectivity index (χ4n) is 1.92. The number of benzene rings is 1. The Morgan fingerprint density at radius 3 is 2.57 bits per heavy atom. The molecule has 1 atom stereocenters. The van der Waals surface area contributed by atoms with Gasteiger partial charge in [0.15, 0.2) is 0 Å². The van der Waals surface area contributed by atoms with Gasteiger partial charge in [-0.05, 0) is 31.5 Å². The Labute approximate surface area is 132 Å². The van der Waals surface area contributed by atoms with Crippen molar-refractivity contribution in [2.75, 3.05) is 11.9 Å². The van der Waals surface area contributed by atoms with Crippen molar-refractivity contribution in [2.45, 2.75) is 39.8 Å². The average molecular weight is 314 g/mol. The second-order valence-electron chi connectivity index (χ2n) is 4.96. The minimum atomic E-state index is -0.161. The van der Waals surface area contributed by atoms with E-state index >= 15 is 0 Å². The highest BCUT2D eigenvalue weighted by Crippen LogP contribution is 2.13. The molecule has 0 aliphatic rings. The minimum absolute atomic E-state index is 0. The summed E-state index contributed by atoms with van der Waals surface area (Å²) in [7, 11) is 0. The third-order valence-electron chi connectivity index (χ3n) is 2.92. The molecule has 1 aromatic carbocycles. The van der Waals surface area contributed by atoms with Gasteiger partial charge in [0.2, 0.25) is 11.8 Å². The molecule has 0 aromatic heterocycles. The smallest absolute Gasteiger partial charge is 0.225 e. The average Bonchev–Trinajstić information content (AvgIpc) is 2.34. The number of hydrogen-bond donors (Lipinski definition) is 2. The summed E-state index contributed by atoms with van der Waals surface area (Å²) in [6.45, 7) is 6.49. The summed E-state index contributed by atoms with van der Waals surface area (Å²) in [5, 5.41) is 2.81. The van der Waals surface area contributed by atoms with Crippen molar-refractivity contribution in [3.8, 4) is 0 Å².